The van der Waals surface area contributed by atoms with Gasteiger partial charge < -0.3 is 15.0 Å². The van der Waals surface area contributed by atoms with E-state index in [1.807, 2.05) is 18.0 Å². The predicted molar refractivity (Wildman–Crippen MR) is 82.0 cm³/mol. The first kappa shape index (κ1) is 14.4. The van der Waals surface area contributed by atoms with Crippen LogP contribution in [0.25, 0.3) is 0 Å². The van der Waals surface area contributed by atoms with Gasteiger partial charge in [-0.25, -0.2) is 4.98 Å². The van der Waals surface area contributed by atoms with E-state index in [1.165, 1.54) is 4.88 Å². The van der Waals surface area contributed by atoms with Crippen LogP contribution in [-0.2, 0) is 11.3 Å². The third-order valence-electron chi connectivity index (χ3n) is 2.96. The molecule has 1 N–H and O–H groups in total. The molecular formula is C12H15ClN6OS. The zero-order valence-electron chi connectivity index (χ0n) is 11.5. The molecule has 0 spiro atoms. The number of nitrogens with zero attached hydrogens (tertiary/aromatic N) is 5. The fourth-order valence-corrected chi connectivity index (χ4v) is 2.84. The summed E-state index contributed by atoms with van der Waals surface area (Å²) in [4.78, 5) is 20.2. The van der Waals surface area contributed by atoms with Crippen LogP contribution < -0.4 is 10.2 Å². The fraction of sp³-hybridized carbons (Fsp3) is 0.500. The highest BCUT2D eigenvalue weighted by Crippen LogP contribution is 2.17. The average Bonchev–Trinajstić information content (AvgIpc) is 2.91. The van der Waals surface area contributed by atoms with Crippen LogP contribution in [0, 0.1) is 6.92 Å². The van der Waals surface area contributed by atoms with Gasteiger partial charge >= 0.3 is 0 Å². The Hall–Kier alpha value is -1.51. The maximum Gasteiger partial charge on any atom is 0.231 e. The van der Waals surface area contributed by atoms with E-state index in [0.29, 0.717) is 31.7 Å². The Morgan fingerprint density at radius 2 is 2.14 bits per heavy atom. The van der Waals surface area contributed by atoms with Crippen molar-refractivity contribution < 1.29 is 4.74 Å². The normalized spacial score (nSPS) is 15.2. The van der Waals surface area contributed by atoms with Crippen molar-refractivity contribution in [1.82, 2.24) is 19.9 Å². The molecule has 0 amide bonds. The second-order valence-electron chi connectivity index (χ2n) is 4.55. The molecule has 9 heteroatoms. The lowest BCUT2D eigenvalue weighted by Gasteiger charge is -2.26. The van der Waals surface area contributed by atoms with Crippen LogP contribution in [0.1, 0.15) is 9.88 Å². The summed E-state index contributed by atoms with van der Waals surface area (Å²) in [5.41, 5.74) is 0. The molecule has 7 nitrogen and oxygen atoms in total. The smallest absolute Gasteiger partial charge is 0.231 e. The quantitative estimate of drug-likeness (QED) is 0.917. The summed E-state index contributed by atoms with van der Waals surface area (Å²) in [5, 5.41) is 4.31. The summed E-state index contributed by atoms with van der Waals surface area (Å²) in [6.07, 6.45) is 1.85. The van der Waals surface area contributed by atoms with Gasteiger partial charge in [0.05, 0.1) is 19.8 Å². The number of morpholine rings is 1. The molecule has 2 aromatic rings. The molecule has 3 rings (SSSR count). The molecule has 112 valence electrons. The number of rotatable bonds is 4. The summed E-state index contributed by atoms with van der Waals surface area (Å²) in [6, 6.07) is 0. The van der Waals surface area contributed by atoms with Crippen LogP contribution in [0.2, 0.25) is 5.28 Å². The van der Waals surface area contributed by atoms with Gasteiger partial charge in [0.1, 0.15) is 5.01 Å². The third kappa shape index (κ3) is 3.78. The number of hydrogen-bond acceptors (Lipinski definition) is 8. The molecule has 1 fully saturated rings. The Kier molecular flexibility index (Phi) is 4.47. The van der Waals surface area contributed by atoms with Gasteiger partial charge in [0, 0.05) is 24.2 Å². The fourth-order valence-electron chi connectivity index (χ4n) is 1.96. The maximum absolute atomic E-state index is 5.98. The Labute approximate surface area is 131 Å². The molecule has 1 aliphatic rings. The Bertz CT molecular complexity index is 616. The van der Waals surface area contributed by atoms with Crippen molar-refractivity contribution in [2.24, 2.45) is 0 Å². The van der Waals surface area contributed by atoms with Gasteiger partial charge in [0.25, 0.3) is 0 Å². The zero-order valence-corrected chi connectivity index (χ0v) is 13.1. The minimum absolute atomic E-state index is 0.185. The minimum atomic E-state index is 0.185. The lowest BCUT2D eigenvalue weighted by molar-refractivity contribution is 0.122. The van der Waals surface area contributed by atoms with Crippen molar-refractivity contribution in [3.8, 4) is 0 Å². The number of aromatic nitrogens is 4. The first-order valence-electron chi connectivity index (χ1n) is 6.60. The molecule has 1 saturated heterocycles. The van der Waals surface area contributed by atoms with Gasteiger partial charge in [-0.05, 0) is 18.5 Å². The van der Waals surface area contributed by atoms with Crippen LogP contribution in [0.3, 0.4) is 0 Å². The third-order valence-corrected chi connectivity index (χ3v) is 4.04. The van der Waals surface area contributed by atoms with Gasteiger partial charge in [0.15, 0.2) is 0 Å². The summed E-state index contributed by atoms with van der Waals surface area (Å²) in [5.74, 6) is 1.04. The van der Waals surface area contributed by atoms with Crippen molar-refractivity contribution in [2.75, 3.05) is 36.5 Å². The van der Waals surface area contributed by atoms with Crippen LogP contribution >= 0.6 is 22.9 Å². The first-order valence-corrected chi connectivity index (χ1v) is 7.79. The molecule has 2 aromatic heterocycles. The van der Waals surface area contributed by atoms with E-state index in [4.69, 9.17) is 16.3 Å². The number of thiazole rings is 1. The number of anilines is 2. The van der Waals surface area contributed by atoms with Crippen molar-refractivity contribution in [2.45, 2.75) is 13.5 Å². The van der Waals surface area contributed by atoms with Crippen molar-refractivity contribution in [3.63, 3.8) is 0 Å². The van der Waals surface area contributed by atoms with E-state index in [2.05, 4.69) is 25.3 Å². The lowest BCUT2D eigenvalue weighted by atomic mass is 10.4. The molecule has 0 aromatic carbocycles. The van der Waals surface area contributed by atoms with Crippen LogP contribution in [-0.4, -0.2) is 46.2 Å². The van der Waals surface area contributed by atoms with Crippen LogP contribution in [0.15, 0.2) is 6.20 Å². The van der Waals surface area contributed by atoms with E-state index in [0.717, 1.165) is 18.1 Å². The minimum Gasteiger partial charge on any atom is -0.378 e. The SMILES string of the molecule is Cc1cnc(CNc2nc(Cl)nc(N3CCOCC3)n2)s1. The molecule has 3 heterocycles. The zero-order chi connectivity index (χ0) is 14.7. The molecule has 0 radical (unpaired) electrons. The van der Waals surface area contributed by atoms with Crippen molar-refractivity contribution in [3.05, 3.63) is 21.4 Å². The van der Waals surface area contributed by atoms with Crippen molar-refractivity contribution in [1.29, 1.82) is 0 Å². The lowest BCUT2D eigenvalue weighted by Crippen LogP contribution is -2.37. The summed E-state index contributed by atoms with van der Waals surface area (Å²) < 4.78 is 5.32. The average molecular weight is 327 g/mol. The van der Waals surface area contributed by atoms with Gasteiger partial charge in [0.2, 0.25) is 17.2 Å². The van der Waals surface area contributed by atoms with E-state index in [9.17, 15) is 0 Å². The summed E-state index contributed by atoms with van der Waals surface area (Å²) in [6.45, 7) is 5.45. The molecule has 0 saturated carbocycles. The van der Waals surface area contributed by atoms with Crippen LogP contribution in [0.5, 0.6) is 0 Å². The summed E-state index contributed by atoms with van der Waals surface area (Å²) in [7, 11) is 0. The molecule has 1 aliphatic heterocycles. The second-order valence-corrected chi connectivity index (χ2v) is 6.20. The highest BCUT2D eigenvalue weighted by atomic mass is 35.5. The molecule has 0 bridgehead atoms. The number of halogens is 1. The van der Waals surface area contributed by atoms with Gasteiger partial charge in [-0.2, -0.15) is 15.0 Å². The van der Waals surface area contributed by atoms with Gasteiger partial charge in [-0.3, -0.25) is 0 Å². The van der Waals surface area contributed by atoms with Gasteiger partial charge in [-0.1, -0.05) is 0 Å². The van der Waals surface area contributed by atoms with Crippen LogP contribution in [0.4, 0.5) is 11.9 Å². The predicted octanol–water partition coefficient (Wildman–Crippen LogP) is 1.74. The molecule has 21 heavy (non-hydrogen) atoms. The topological polar surface area (TPSA) is 76.1 Å². The van der Waals surface area contributed by atoms with E-state index in [1.54, 1.807) is 11.3 Å². The highest BCUT2D eigenvalue weighted by molar-refractivity contribution is 7.11. The standard InChI is InChI=1S/C12H15ClN6OS/c1-8-6-14-9(21-8)7-15-11-16-10(13)17-12(18-11)19-2-4-20-5-3-19/h6H,2-5,7H2,1H3,(H,15,16,17,18). The second kappa shape index (κ2) is 6.50. The number of hydrogen-bond donors (Lipinski definition) is 1. The number of nitrogens with one attached hydrogen (secondary N) is 1. The van der Waals surface area contributed by atoms with E-state index < -0.39 is 0 Å². The molecule has 0 atom stereocenters. The Balaban J connectivity index is 1.71. The maximum atomic E-state index is 5.98. The number of aryl methyl sites for hydroxylation is 1. The Morgan fingerprint density at radius 3 is 2.86 bits per heavy atom. The van der Waals surface area contributed by atoms with Gasteiger partial charge in [-0.15, -0.1) is 11.3 Å². The monoisotopic (exact) mass is 326 g/mol. The molecule has 0 aliphatic carbocycles. The number of ether oxygens (including phenoxy) is 1. The largest absolute Gasteiger partial charge is 0.378 e. The molecule has 0 unspecified atom stereocenters. The highest BCUT2D eigenvalue weighted by Gasteiger charge is 2.16. The summed E-state index contributed by atoms with van der Waals surface area (Å²) >= 11 is 7.62. The van der Waals surface area contributed by atoms with E-state index in [-0.39, 0.29) is 5.28 Å². The van der Waals surface area contributed by atoms with Crippen molar-refractivity contribution >= 4 is 34.8 Å². The first-order chi connectivity index (χ1) is 10.2. The molecular weight excluding hydrogens is 312 g/mol. The van der Waals surface area contributed by atoms with E-state index >= 15 is 0 Å². The Morgan fingerprint density at radius 1 is 1.33 bits per heavy atom.